The summed E-state index contributed by atoms with van der Waals surface area (Å²) in [6, 6.07) is 5.55. The van der Waals surface area contributed by atoms with Crippen molar-refractivity contribution in [1.82, 2.24) is 15.3 Å². The Balaban J connectivity index is 1.62. The summed E-state index contributed by atoms with van der Waals surface area (Å²) in [4.78, 5) is 19.7. The number of H-pyrrole nitrogens is 1. The molecular formula is C16H20ClN3O2. The number of amides is 1. The Morgan fingerprint density at radius 3 is 3.00 bits per heavy atom. The Hall–Kier alpha value is -1.59. The summed E-state index contributed by atoms with van der Waals surface area (Å²) in [5, 5.41) is 13.1. The van der Waals surface area contributed by atoms with Crippen molar-refractivity contribution in [3.63, 3.8) is 0 Å². The number of nitrogens with zero attached hydrogens (tertiary/aromatic N) is 1. The van der Waals surface area contributed by atoms with Crippen LogP contribution in [0.5, 0.6) is 0 Å². The number of carbonyl (C=O) groups is 1. The first-order valence-corrected chi connectivity index (χ1v) is 8.04. The molecule has 1 atom stereocenters. The maximum atomic E-state index is 12.2. The standard InChI is InChI=1S/C16H20ClN3O2/c1-2-12(9-5-11(21)6-9)20-16(22)8-15-18-13-4-3-10(17)7-14(13)19-15/h3-4,7,9,11-12,21H,2,5-6,8H2,1H3,(H,18,19)(H,20,22)/t9?,11?,12-/m0/s1. The molecule has 1 aromatic heterocycles. The molecule has 3 N–H and O–H groups in total. The van der Waals surface area contributed by atoms with Gasteiger partial charge in [0, 0.05) is 11.1 Å². The molecule has 1 saturated carbocycles. The number of aliphatic hydroxyl groups excluding tert-OH is 1. The summed E-state index contributed by atoms with van der Waals surface area (Å²) < 4.78 is 0. The van der Waals surface area contributed by atoms with Crippen LogP contribution in [0, 0.1) is 5.92 Å². The lowest BCUT2D eigenvalue weighted by atomic mass is 9.76. The van der Waals surface area contributed by atoms with E-state index in [0.29, 0.717) is 16.8 Å². The van der Waals surface area contributed by atoms with E-state index in [1.807, 2.05) is 6.07 Å². The van der Waals surface area contributed by atoms with Gasteiger partial charge in [-0.05, 0) is 43.4 Å². The number of nitrogens with one attached hydrogen (secondary N) is 2. The number of rotatable bonds is 5. The van der Waals surface area contributed by atoms with Crippen LogP contribution < -0.4 is 5.32 Å². The van der Waals surface area contributed by atoms with Crippen molar-refractivity contribution in [3.8, 4) is 0 Å². The summed E-state index contributed by atoms with van der Waals surface area (Å²) in [6.45, 7) is 2.05. The molecule has 0 radical (unpaired) electrons. The van der Waals surface area contributed by atoms with Crippen LogP contribution in [-0.4, -0.2) is 33.1 Å². The summed E-state index contributed by atoms with van der Waals surface area (Å²) in [5.41, 5.74) is 1.64. The van der Waals surface area contributed by atoms with Gasteiger partial charge < -0.3 is 15.4 Å². The van der Waals surface area contributed by atoms with Gasteiger partial charge in [0.15, 0.2) is 0 Å². The smallest absolute Gasteiger partial charge is 0.227 e. The number of aromatic amines is 1. The third kappa shape index (κ3) is 3.25. The average Bonchev–Trinajstić information content (AvgIpc) is 2.82. The summed E-state index contributed by atoms with van der Waals surface area (Å²) in [5.74, 6) is 0.982. The first-order valence-electron chi connectivity index (χ1n) is 7.66. The Morgan fingerprint density at radius 1 is 1.55 bits per heavy atom. The second kappa shape index (κ2) is 6.26. The zero-order valence-electron chi connectivity index (χ0n) is 12.5. The van der Waals surface area contributed by atoms with Gasteiger partial charge in [0.2, 0.25) is 5.91 Å². The molecule has 0 aliphatic heterocycles. The van der Waals surface area contributed by atoms with Crippen LogP contribution >= 0.6 is 11.6 Å². The molecule has 1 amide bonds. The number of carbonyl (C=O) groups excluding carboxylic acids is 1. The third-order valence-corrected chi connectivity index (χ3v) is 4.56. The minimum Gasteiger partial charge on any atom is -0.393 e. The topological polar surface area (TPSA) is 78.0 Å². The summed E-state index contributed by atoms with van der Waals surface area (Å²) >= 11 is 5.94. The lowest BCUT2D eigenvalue weighted by Crippen LogP contribution is -2.47. The molecule has 5 nitrogen and oxygen atoms in total. The van der Waals surface area contributed by atoms with E-state index in [4.69, 9.17) is 11.6 Å². The van der Waals surface area contributed by atoms with Crippen molar-refractivity contribution in [2.45, 2.75) is 44.8 Å². The highest BCUT2D eigenvalue weighted by Crippen LogP contribution is 2.31. The predicted octanol–water partition coefficient (Wildman–Crippen LogP) is 2.42. The Morgan fingerprint density at radius 2 is 2.32 bits per heavy atom. The molecule has 118 valence electrons. The van der Waals surface area contributed by atoms with Crippen molar-refractivity contribution in [2.24, 2.45) is 5.92 Å². The molecule has 1 fully saturated rings. The van der Waals surface area contributed by atoms with Crippen LogP contribution in [0.3, 0.4) is 0 Å². The summed E-state index contributed by atoms with van der Waals surface area (Å²) in [7, 11) is 0. The van der Waals surface area contributed by atoms with Gasteiger partial charge in [-0.15, -0.1) is 0 Å². The highest BCUT2D eigenvalue weighted by Gasteiger charge is 2.33. The van der Waals surface area contributed by atoms with Gasteiger partial charge in [-0.1, -0.05) is 18.5 Å². The molecular weight excluding hydrogens is 302 g/mol. The van der Waals surface area contributed by atoms with Crippen molar-refractivity contribution >= 4 is 28.5 Å². The van der Waals surface area contributed by atoms with E-state index in [2.05, 4.69) is 22.2 Å². The lowest BCUT2D eigenvalue weighted by molar-refractivity contribution is -0.122. The van der Waals surface area contributed by atoms with Crippen LogP contribution in [0.2, 0.25) is 5.02 Å². The monoisotopic (exact) mass is 321 g/mol. The largest absolute Gasteiger partial charge is 0.393 e. The van der Waals surface area contributed by atoms with E-state index in [-0.39, 0.29) is 24.5 Å². The maximum Gasteiger partial charge on any atom is 0.227 e. The van der Waals surface area contributed by atoms with Crippen LogP contribution in [-0.2, 0) is 11.2 Å². The highest BCUT2D eigenvalue weighted by atomic mass is 35.5. The van der Waals surface area contributed by atoms with E-state index in [1.165, 1.54) is 0 Å². The van der Waals surface area contributed by atoms with E-state index in [9.17, 15) is 9.90 Å². The maximum absolute atomic E-state index is 12.2. The molecule has 6 heteroatoms. The number of aliphatic hydroxyl groups is 1. The first kappa shape index (κ1) is 15.3. The van der Waals surface area contributed by atoms with Gasteiger partial charge in [-0.2, -0.15) is 0 Å². The summed E-state index contributed by atoms with van der Waals surface area (Å²) in [6.07, 6.45) is 2.46. The Kier molecular flexibility index (Phi) is 4.36. The van der Waals surface area contributed by atoms with Crippen LogP contribution in [0.4, 0.5) is 0 Å². The molecule has 1 aliphatic carbocycles. The van der Waals surface area contributed by atoms with Crippen molar-refractivity contribution < 1.29 is 9.90 Å². The highest BCUT2D eigenvalue weighted by molar-refractivity contribution is 6.31. The molecule has 1 aliphatic rings. The van der Waals surface area contributed by atoms with Gasteiger partial charge in [0.1, 0.15) is 5.82 Å². The molecule has 22 heavy (non-hydrogen) atoms. The van der Waals surface area contributed by atoms with E-state index in [0.717, 1.165) is 30.3 Å². The average molecular weight is 322 g/mol. The number of imidazole rings is 1. The number of fused-ring (bicyclic) bond motifs is 1. The Bertz CT molecular complexity index is 679. The molecule has 1 aromatic carbocycles. The minimum atomic E-state index is -0.198. The van der Waals surface area contributed by atoms with E-state index < -0.39 is 0 Å². The molecule has 0 unspecified atom stereocenters. The second-order valence-corrected chi connectivity index (χ2v) is 6.43. The van der Waals surface area contributed by atoms with Crippen molar-refractivity contribution in [2.75, 3.05) is 0 Å². The quantitative estimate of drug-likeness (QED) is 0.791. The molecule has 0 bridgehead atoms. The molecule has 0 saturated heterocycles. The predicted molar refractivity (Wildman–Crippen MR) is 85.8 cm³/mol. The van der Waals surface area contributed by atoms with Gasteiger partial charge in [-0.3, -0.25) is 4.79 Å². The van der Waals surface area contributed by atoms with Crippen molar-refractivity contribution in [1.29, 1.82) is 0 Å². The normalized spacial score (nSPS) is 22.3. The van der Waals surface area contributed by atoms with E-state index >= 15 is 0 Å². The van der Waals surface area contributed by atoms with Crippen molar-refractivity contribution in [3.05, 3.63) is 29.0 Å². The van der Waals surface area contributed by atoms with Gasteiger partial charge in [0.05, 0.1) is 23.6 Å². The lowest BCUT2D eigenvalue weighted by Gasteiger charge is -2.37. The van der Waals surface area contributed by atoms with E-state index in [1.54, 1.807) is 12.1 Å². The molecule has 0 spiro atoms. The number of hydrogen-bond donors (Lipinski definition) is 3. The Labute approximate surface area is 134 Å². The minimum absolute atomic E-state index is 0.0432. The fraction of sp³-hybridized carbons (Fsp3) is 0.500. The first-order chi connectivity index (χ1) is 10.5. The third-order valence-electron chi connectivity index (χ3n) is 4.33. The second-order valence-electron chi connectivity index (χ2n) is 5.99. The number of benzene rings is 1. The number of aromatic nitrogens is 2. The zero-order valence-corrected chi connectivity index (χ0v) is 13.2. The van der Waals surface area contributed by atoms with Crippen LogP contribution in [0.1, 0.15) is 32.0 Å². The number of halogens is 1. The van der Waals surface area contributed by atoms with Crippen LogP contribution in [0.25, 0.3) is 11.0 Å². The van der Waals surface area contributed by atoms with Crippen LogP contribution in [0.15, 0.2) is 18.2 Å². The molecule has 3 rings (SSSR count). The fourth-order valence-electron chi connectivity index (χ4n) is 3.04. The number of hydrogen-bond acceptors (Lipinski definition) is 3. The SMILES string of the molecule is CC[C@H](NC(=O)Cc1nc2ccc(Cl)cc2[nH]1)C1CC(O)C1. The fourth-order valence-corrected chi connectivity index (χ4v) is 3.21. The molecule has 1 heterocycles. The zero-order chi connectivity index (χ0) is 15.7. The molecule has 2 aromatic rings. The van der Waals surface area contributed by atoms with Gasteiger partial charge >= 0.3 is 0 Å². The van der Waals surface area contributed by atoms with Gasteiger partial charge in [-0.25, -0.2) is 4.98 Å². The van der Waals surface area contributed by atoms with Gasteiger partial charge in [0.25, 0.3) is 0 Å².